The van der Waals surface area contributed by atoms with E-state index in [1.54, 1.807) is 19.9 Å². The summed E-state index contributed by atoms with van der Waals surface area (Å²) in [6.07, 6.45) is 13.1. The summed E-state index contributed by atoms with van der Waals surface area (Å²) in [5.41, 5.74) is 6.08. The molecule has 11 heteroatoms. The van der Waals surface area contributed by atoms with Gasteiger partial charge in [-0.25, -0.2) is 4.79 Å². The van der Waals surface area contributed by atoms with Crippen molar-refractivity contribution in [2.24, 2.45) is 29.4 Å². The second-order valence-electron chi connectivity index (χ2n) is 13.1. The van der Waals surface area contributed by atoms with Gasteiger partial charge < -0.3 is 26.4 Å². The summed E-state index contributed by atoms with van der Waals surface area (Å²) < 4.78 is 5.76. The van der Waals surface area contributed by atoms with Crippen LogP contribution in [-0.2, 0) is 33.5 Å². The van der Waals surface area contributed by atoms with Crippen LogP contribution in [0.3, 0.4) is 0 Å². The topological polar surface area (TPSA) is 174 Å². The summed E-state index contributed by atoms with van der Waals surface area (Å²) in [6, 6.07) is -1.20. The fraction of sp³-hybridized carbons (Fsp3) is 0.667. The first-order chi connectivity index (χ1) is 22.2. The van der Waals surface area contributed by atoms with E-state index >= 15 is 0 Å². The first-order valence-electron chi connectivity index (χ1n) is 17.1. The van der Waals surface area contributed by atoms with Gasteiger partial charge in [-0.2, -0.15) is 0 Å². The lowest BCUT2D eigenvalue weighted by Gasteiger charge is -2.28. The maximum atomic E-state index is 13.3. The van der Waals surface area contributed by atoms with Crippen LogP contribution in [0.25, 0.3) is 0 Å². The first kappa shape index (κ1) is 41.3. The van der Waals surface area contributed by atoms with Crippen molar-refractivity contribution >= 4 is 35.4 Å². The molecule has 0 saturated carbocycles. The highest BCUT2D eigenvalue weighted by atomic mass is 16.5. The van der Waals surface area contributed by atoms with Crippen molar-refractivity contribution in [3.63, 3.8) is 0 Å². The third-order valence-electron chi connectivity index (χ3n) is 8.64. The number of carbonyl (C=O) groups is 6. The van der Waals surface area contributed by atoms with Gasteiger partial charge >= 0.3 is 5.97 Å². The van der Waals surface area contributed by atoms with E-state index < -0.39 is 59.5 Å². The summed E-state index contributed by atoms with van der Waals surface area (Å²) in [7, 11) is 0. The van der Waals surface area contributed by atoms with Crippen LogP contribution < -0.4 is 21.7 Å². The second-order valence-corrected chi connectivity index (χ2v) is 13.1. The van der Waals surface area contributed by atoms with Crippen LogP contribution in [-0.4, -0.2) is 54.1 Å². The minimum atomic E-state index is -1.20. The first-order valence-corrected chi connectivity index (χ1v) is 17.1. The Hall–Kier alpha value is -3.76. The molecule has 4 amide bonds. The third kappa shape index (κ3) is 16.6. The van der Waals surface area contributed by atoms with E-state index in [-0.39, 0.29) is 37.3 Å². The number of esters is 1. The van der Waals surface area contributed by atoms with Crippen molar-refractivity contribution in [2.45, 2.75) is 124 Å². The van der Waals surface area contributed by atoms with Gasteiger partial charge in [0.25, 0.3) is 5.91 Å². The minimum absolute atomic E-state index is 0.0800. The van der Waals surface area contributed by atoms with Gasteiger partial charge in [-0.3, -0.25) is 24.0 Å². The lowest BCUT2D eigenvalue weighted by molar-refractivity contribution is -0.158. The van der Waals surface area contributed by atoms with Gasteiger partial charge in [-0.15, -0.1) is 0 Å². The Morgan fingerprint density at radius 1 is 1.00 bits per heavy atom. The molecule has 5 N–H and O–H groups in total. The number of unbranched alkanes of at least 4 members (excludes halogenated alkanes) is 3. The number of cyclic esters (lactones) is 1. The standard InChI is InChI=1S/C36H58N4O7/c1-8-9-10-11-13-23(2)14-12-15-24(3)16-19-30(41)25(4)17-20-31-27(6)34(44)39-28(7)35(45)38-22-26(5)33(43)40-29(36(46)47-31)18-21-32(37)42/h15-16,19,23,25-27,29,31H,7-14,17-18,20-22H2,1-6H3,(H2,37,42)(H,38,45)(H,39,44)(H,40,43)/b19-16+,24-15+/t23?,25?,26?,27?,29-,31?/m0/s1. The van der Waals surface area contributed by atoms with Gasteiger partial charge in [0.15, 0.2) is 5.78 Å². The number of ketones is 1. The SMILES string of the molecule is C=C1NC(=O)C(C)C(CCC(C)C(=O)/C=C/C(C)=C/CCC(C)CCCCCC)OC(=O)[C@H](CCC(N)=O)NC(=O)C(C)CNC1=O. The molecule has 0 aromatic carbocycles. The van der Waals surface area contributed by atoms with Crippen molar-refractivity contribution in [2.75, 3.05) is 6.54 Å². The molecule has 0 aromatic heterocycles. The molecule has 0 bridgehead atoms. The van der Waals surface area contributed by atoms with Gasteiger partial charge in [-0.1, -0.05) is 91.0 Å². The summed E-state index contributed by atoms with van der Waals surface area (Å²) in [6.45, 7) is 14.9. The molecule has 0 aromatic rings. The predicted molar refractivity (Wildman–Crippen MR) is 182 cm³/mol. The van der Waals surface area contributed by atoms with Gasteiger partial charge in [-0.05, 0) is 51.0 Å². The maximum absolute atomic E-state index is 13.3. The summed E-state index contributed by atoms with van der Waals surface area (Å²) in [4.78, 5) is 76.0. The number of rotatable bonds is 17. The quantitative estimate of drug-likeness (QED) is 0.0767. The van der Waals surface area contributed by atoms with Gasteiger partial charge in [0, 0.05) is 18.9 Å². The Morgan fingerprint density at radius 3 is 2.36 bits per heavy atom. The molecule has 0 spiro atoms. The second kappa shape index (κ2) is 21.9. The van der Waals surface area contributed by atoms with Crippen LogP contribution in [0.1, 0.15) is 112 Å². The van der Waals surface area contributed by atoms with E-state index in [9.17, 15) is 28.8 Å². The highest BCUT2D eigenvalue weighted by Gasteiger charge is 2.33. The molecule has 264 valence electrons. The van der Waals surface area contributed by atoms with Crippen LogP contribution in [0.5, 0.6) is 0 Å². The average Bonchev–Trinajstić information content (AvgIpc) is 3.02. The number of carbonyl (C=O) groups excluding carboxylic acids is 6. The molecule has 1 fully saturated rings. The highest BCUT2D eigenvalue weighted by molar-refractivity contribution is 5.98. The van der Waals surface area contributed by atoms with Crippen molar-refractivity contribution in [3.05, 3.63) is 36.1 Å². The molecule has 0 aliphatic carbocycles. The minimum Gasteiger partial charge on any atom is -0.460 e. The number of nitrogens with one attached hydrogen (secondary N) is 3. The molecule has 1 saturated heterocycles. The van der Waals surface area contributed by atoms with E-state index in [2.05, 4.69) is 42.5 Å². The Morgan fingerprint density at radius 2 is 1.70 bits per heavy atom. The summed E-state index contributed by atoms with van der Waals surface area (Å²) >= 11 is 0. The van der Waals surface area contributed by atoms with Gasteiger partial charge in [0.1, 0.15) is 12.1 Å². The molecule has 1 aliphatic heterocycles. The Labute approximate surface area is 281 Å². The van der Waals surface area contributed by atoms with Crippen molar-refractivity contribution in [3.8, 4) is 0 Å². The zero-order valence-corrected chi connectivity index (χ0v) is 29.3. The number of allylic oxidation sites excluding steroid dienone is 4. The van der Waals surface area contributed by atoms with Crippen LogP contribution in [0.15, 0.2) is 36.1 Å². The van der Waals surface area contributed by atoms with E-state index in [4.69, 9.17) is 10.5 Å². The summed E-state index contributed by atoms with van der Waals surface area (Å²) in [5.74, 6) is -4.83. The third-order valence-corrected chi connectivity index (χ3v) is 8.64. The van der Waals surface area contributed by atoms with E-state index in [1.807, 2.05) is 13.0 Å². The molecule has 1 aliphatic rings. The lowest BCUT2D eigenvalue weighted by atomic mass is 9.92. The normalized spacial score (nSPS) is 23.3. The van der Waals surface area contributed by atoms with Crippen LogP contribution in [0.4, 0.5) is 0 Å². The van der Waals surface area contributed by atoms with Crippen molar-refractivity contribution in [1.82, 2.24) is 16.0 Å². The number of nitrogens with two attached hydrogens (primary N) is 1. The monoisotopic (exact) mass is 658 g/mol. The highest BCUT2D eigenvalue weighted by Crippen LogP contribution is 2.21. The molecule has 5 unspecified atom stereocenters. The Bertz CT molecular complexity index is 1160. The fourth-order valence-corrected chi connectivity index (χ4v) is 5.09. The van der Waals surface area contributed by atoms with Crippen LogP contribution in [0, 0.1) is 23.7 Å². The number of ether oxygens (including phenoxy) is 1. The zero-order chi connectivity index (χ0) is 35.5. The van der Waals surface area contributed by atoms with Gasteiger partial charge in [0.05, 0.1) is 17.5 Å². The molecular weight excluding hydrogens is 600 g/mol. The fourth-order valence-electron chi connectivity index (χ4n) is 5.09. The van der Waals surface area contributed by atoms with Crippen molar-refractivity contribution in [1.29, 1.82) is 0 Å². The van der Waals surface area contributed by atoms with Crippen molar-refractivity contribution < 1.29 is 33.5 Å². The van der Waals surface area contributed by atoms with E-state index in [1.165, 1.54) is 39.0 Å². The van der Waals surface area contributed by atoms with E-state index in [0.717, 1.165) is 18.4 Å². The largest absolute Gasteiger partial charge is 0.460 e. The van der Waals surface area contributed by atoms with Crippen LogP contribution in [0.2, 0.25) is 0 Å². The molecule has 1 rings (SSSR count). The Balaban J connectivity index is 2.97. The smallest absolute Gasteiger partial charge is 0.328 e. The number of hydrogen-bond donors (Lipinski definition) is 4. The summed E-state index contributed by atoms with van der Waals surface area (Å²) in [5, 5.41) is 7.57. The average molecular weight is 659 g/mol. The molecule has 1 heterocycles. The number of hydrogen-bond acceptors (Lipinski definition) is 7. The zero-order valence-electron chi connectivity index (χ0n) is 29.3. The number of amides is 4. The van der Waals surface area contributed by atoms with Crippen LogP contribution >= 0.6 is 0 Å². The molecule has 47 heavy (non-hydrogen) atoms. The van der Waals surface area contributed by atoms with Gasteiger partial charge in [0.2, 0.25) is 17.7 Å². The number of primary amides is 1. The lowest BCUT2D eigenvalue weighted by Crippen LogP contribution is -2.49. The molecular formula is C36H58N4O7. The maximum Gasteiger partial charge on any atom is 0.328 e. The predicted octanol–water partition coefficient (Wildman–Crippen LogP) is 4.56. The Kier molecular flexibility index (Phi) is 19.2. The van der Waals surface area contributed by atoms with E-state index in [0.29, 0.717) is 12.3 Å². The molecule has 0 radical (unpaired) electrons. The molecule has 11 nitrogen and oxygen atoms in total. The molecule has 6 atom stereocenters.